The lowest BCUT2D eigenvalue weighted by atomic mass is 9.84. The number of nitrogens with zero attached hydrogens (tertiary/aromatic N) is 3. The quantitative estimate of drug-likeness (QED) is 0.496. The zero-order chi connectivity index (χ0) is 21.8. The summed E-state index contributed by atoms with van der Waals surface area (Å²) in [6.45, 7) is 7.61. The van der Waals surface area contributed by atoms with Gasteiger partial charge in [0.1, 0.15) is 11.4 Å². The number of aryl methyl sites for hydroxylation is 2. The number of rotatable bonds is 3. The van der Waals surface area contributed by atoms with Crippen molar-refractivity contribution >= 4 is 16.4 Å². The van der Waals surface area contributed by atoms with Crippen LogP contribution in [0.3, 0.4) is 0 Å². The third-order valence-corrected chi connectivity index (χ3v) is 7.22. The van der Waals surface area contributed by atoms with Crippen LogP contribution in [0.5, 0.6) is 5.75 Å². The van der Waals surface area contributed by atoms with Gasteiger partial charge in [0.25, 0.3) is 5.56 Å². The van der Waals surface area contributed by atoms with Crippen molar-refractivity contribution < 1.29 is 4.74 Å². The molecule has 0 unspecified atom stereocenters. The SMILES string of the molecule is Cc1ccc2nc(C)c(CCN3C[C@@H]4COc5ccc6ccccc6c5[C@@H]4C3)c(=O)n2c1. The van der Waals surface area contributed by atoms with Gasteiger partial charge in [-0.2, -0.15) is 0 Å². The Hall–Kier alpha value is -3.18. The lowest BCUT2D eigenvalue weighted by molar-refractivity contribution is 0.214. The first-order valence-electron chi connectivity index (χ1n) is 11.4. The summed E-state index contributed by atoms with van der Waals surface area (Å²) in [7, 11) is 0. The van der Waals surface area contributed by atoms with Crippen molar-refractivity contribution in [2.45, 2.75) is 26.2 Å². The van der Waals surface area contributed by atoms with E-state index in [2.05, 4.69) is 46.3 Å². The van der Waals surface area contributed by atoms with E-state index in [4.69, 9.17) is 4.74 Å². The van der Waals surface area contributed by atoms with Gasteiger partial charge in [0, 0.05) is 54.5 Å². The van der Waals surface area contributed by atoms with E-state index in [0.29, 0.717) is 11.8 Å². The Labute approximate surface area is 187 Å². The average Bonchev–Trinajstić information content (AvgIpc) is 3.22. The highest BCUT2D eigenvalue weighted by Gasteiger charge is 2.39. The number of fused-ring (bicyclic) bond motifs is 6. The van der Waals surface area contributed by atoms with E-state index >= 15 is 0 Å². The smallest absolute Gasteiger partial charge is 0.261 e. The Morgan fingerprint density at radius 3 is 2.84 bits per heavy atom. The molecular weight excluding hydrogens is 398 g/mol. The molecule has 0 N–H and O–H groups in total. The van der Waals surface area contributed by atoms with Crippen LogP contribution in [0.2, 0.25) is 0 Å². The minimum Gasteiger partial charge on any atom is -0.493 e. The van der Waals surface area contributed by atoms with E-state index in [0.717, 1.165) is 60.9 Å². The summed E-state index contributed by atoms with van der Waals surface area (Å²) in [6.07, 6.45) is 2.61. The summed E-state index contributed by atoms with van der Waals surface area (Å²) in [6, 6.07) is 16.8. The van der Waals surface area contributed by atoms with E-state index < -0.39 is 0 Å². The lowest BCUT2D eigenvalue weighted by Gasteiger charge is -2.29. The maximum atomic E-state index is 13.2. The zero-order valence-corrected chi connectivity index (χ0v) is 18.5. The third-order valence-electron chi connectivity index (χ3n) is 7.22. The van der Waals surface area contributed by atoms with E-state index in [1.165, 1.54) is 16.3 Å². The summed E-state index contributed by atoms with van der Waals surface area (Å²) in [5.74, 6) is 2.01. The van der Waals surface area contributed by atoms with Gasteiger partial charge >= 0.3 is 0 Å². The first kappa shape index (κ1) is 19.5. The fourth-order valence-electron chi connectivity index (χ4n) is 5.57. The highest BCUT2D eigenvalue weighted by atomic mass is 16.5. The molecule has 4 heterocycles. The lowest BCUT2D eigenvalue weighted by Crippen LogP contribution is -2.28. The predicted octanol–water partition coefficient (Wildman–Crippen LogP) is 4.12. The molecule has 5 nitrogen and oxygen atoms in total. The van der Waals surface area contributed by atoms with Gasteiger partial charge in [0.15, 0.2) is 0 Å². The molecule has 2 aromatic carbocycles. The Morgan fingerprint density at radius 2 is 1.94 bits per heavy atom. The summed E-state index contributed by atoms with van der Waals surface area (Å²) >= 11 is 0. The van der Waals surface area contributed by atoms with E-state index in [1.807, 2.05) is 32.2 Å². The van der Waals surface area contributed by atoms with Gasteiger partial charge in [0.05, 0.1) is 6.61 Å². The van der Waals surface area contributed by atoms with E-state index in [9.17, 15) is 4.79 Å². The van der Waals surface area contributed by atoms with Crippen LogP contribution >= 0.6 is 0 Å². The van der Waals surface area contributed by atoms with Crippen LogP contribution in [0, 0.1) is 19.8 Å². The molecule has 1 fully saturated rings. The minimum atomic E-state index is 0.0625. The second-order valence-electron chi connectivity index (χ2n) is 9.30. The summed E-state index contributed by atoms with van der Waals surface area (Å²) in [4.78, 5) is 20.3. The summed E-state index contributed by atoms with van der Waals surface area (Å²) < 4.78 is 7.86. The number of likely N-dealkylation sites (tertiary alicyclic amines) is 1. The normalized spacial score (nSPS) is 20.3. The molecule has 2 aliphatic heterocycles. The molecule has 0 spiro atoms. The number of pyridine rings is 1. The monoisotopic (exact) mass is 425 g/mol. The fraction of sp³-hybridized carbons (Fsp3) is 0.333. The van der Waals surface area contributed by atoms with Crippen LogP contribution in [0.4, 0.5) is 0 Å². The molecule has 2 aliphatic rings. The Bertz CT molecular complexity index is 1410. The predicted molar refractivity (Wildman–Crippen MR) is 127 cm³/mol. The molecule has 0 aliphatic carbocycles. The molecule has 4 aromatic rings. The van der Waals surface area contributed by atoms with Crippen molar-refractivity contribution in [1.82, 2.24) is 14.3 Å². The van der Waals surface area contributed by atoms with Gasteiger partial charge in [-0.15, -0.1) is 0 Å². The van der Waals surface area contributed by atoms with Crippen LogP contribution in [-0.2, 0) is 6.42 Å². The van der Waals surface area contributed by atoms with Gasteiger partial charge in [-0.1, -0.05) is 36.4 Å². The average molecular weight is 426 g/mol. The molecule has 1 saturated heterocycles. The van der Waals surface area contributed by atoms with Crippen molar-refractivity contribution in [1.29, 1.82) is 0 Å². The van der Waals surface area contributed by atoms with Gasteiger partial charge in [-0.05, 0) is 48.7 Å². The molecule has 0 radical (unpaired) electrons. The Balaban J connectivity index is 1.27. The molecule has 2 aromatic heterocycles. The highest BCUT2D eigenvalue weighted by molar-refractivity contribution is 5.88. The minimum absolute atomic E-state index is 0.0625. The number of hydrogen-bond donors (Lipinski definition) is 0. The number of ether oxygens (including phenoxy) is 1. The van der Waals surface area contributed by atoms with E-state index in [-0.39, 0.29) is 5.56 Å². The second-order valence-corrected chi connectivity index (χ2v) is 9.30. The zero-order valence-electron chi connectivity index (χ0n) is 18.5. The standard InChI is InChI=1S/C27H27N3O2/c1-17-7-10-25-28-18(2)21(27(31)30(25)13-17)11-12-29-14-20-16-32-24-9-8-19-5-3-4-6-22(19)26(24)23(20)15-29/h3-10,13,20,23H,11-12,14-16H2,1-2H3/t20-,23-/m1/s1. The molecule has 0 amide bonds. The van der Waals surface area contributed by atoms with Crippen LogP contribution in [0.15, 0.2) is 59.5 Å². The van der Waals surface area contributed by atoms with Crippen molar-refractivity contribution in [2.75, 3.05) is 26.2 Å². The number of benzene rings is 2. The second kappa shape index (κ2) is 7.45. The maximum Gasteiger partial charge on any atom is 0.261 e. The number of aromatic nitrogens is 2. The summed E-state index contributed by atoms with van der Waals surface area (Å²) in [5, 5.41) is 2.58. The van der Waals surface area contributed by atoms with Crippen molar-refractivity contribution in [2.24, 2.45) is 5.92 Å². The van der Waals surface area contributed by atoms with Crippen LogP contribution < -0.4 is 10.3 Å². The Kier molecular flexibility index (Phi) is 4.54. The molecule has 32 heavy (non-hydrogen) atoms. The van der Waals surface area contributed by atoms with Crippen molar-refractivity contribution in [3.63, 3.8) is 0 Å². The molecule has 0 saturated carbocycles. The van der Waals surface area contributed by atoms with Crippen LogP contribution in [0.1, 0.15) is 28.3 Å². The first-order valence-corrected chi connectivity index (χ1v) is 11.4. The van der Waals surface area contributed by atoms with Gasteiger partial charge in [0.2, 0.25) is 0 Å². The highest BCUT2D eigenvalue weighted by Crippen LogP contribution is 2.45. The van der Waals surface area contributed by atoms with E-state index in [1.54, 1.807) is 4.40 Å². The first-order chi connectivity index (χ1) is 15.6. The van der Waals surface area contributed by atoms with Crippen LogP contribution in [-0.4, -0.2) is 40.5 Å². The molecular formula is C27H27N3O2. The molecule has 0 bridgehead atoms. The maximum absolute atomic E-state index is 13.2. The van der Waals surface area contributed by atoms with Gasteiger partial charge in [-0.25, -0.2) is 4.98 Å². The van der Waals surface area contributed by atoms with Crippen LogP contribution in [0.25, 0.3) is 16.4 Å². The van der Waals surface area contributed by atoms with Crippen molar-refractivity contribution in [3.05, 3.63) is 87.5 Å². The summed E-state index contributed by atoms with van der Waals surface area (Å²) in [5.41, 5.74) is 4.87. The van der Waals surface area contributed by atoms with Crippen molar-refractivity contribution in [3.8, 4) is 5.75 Å². The van der Waals surface area contributed by atoms with Gasteiger partial charge < -0.3 is 9.64 Å². The number of hydrogen-bond acceptors (Lipinski definition) is 4. The molecule has 6 rings (SSSR count). The van der Waals surface area contributed by atoms with Gasteiger partial charge in [-0.3, -0.25) is 9.20 Å². The fourth-order valence-corrected chi connectivity index (χ4v) is 5.57. The molecule has 2 atom stereocenters. The third kappa shape index (κ3) is 3.11. The topological polar surface area (TPSA) is 46.8 Å². The largest absolute Gasteiger partial charge is 0.493 e. The molecule has 5 heteroatoms. The Morgan fingerprint density at radius 1 is 1.06 bits per heavy atom. The molecule has 162 valence electrons.